The molecule has 1 aromatic carbocycles. The number of hydrogen-bond donors (Lipinski definition) is 0. The standard InChI is InChI=1S/C22H30O10Si2/c1-6-22(26)27-11-7-12-33(5)28-15-20-14-19(8-9-21(20)32-33)10-13-34(29-16(2)23,30-17(3)24)31-18(4)25/h6,8-9,14H,1,7,10-13,15H2,2-5H3. The van der Waals surface area contributed by atoms with Crippen LogP contribution in [-0.2, 0) is 54.6 Å². The first-order valence-electron chi connectivity index (χ1n) is 10.8. The first-order valence-corrected chi connectivity index (χ1v) is 15.2. The summed E-state index contributed by atoms with van der Waals surface area (Å²) in [6.45, 7) is 9.42. The molecule has 34 heavy (non-hydrogen) atoms. The number of aryl methyl sites for hydroxylation is 1. The molecule has 1 aliphatic rings. The number of carbonyl (C=O) groups excluding carboxylic acids is 4. The molecule has 0 saturated heterocycles. The van der Waals surface area contributed by atoms with Crippen molar-refractivity contribution in [2.75, 3.05) is 6.61 Å². The van der Waals surface area contributed by atoms with E-state index < -0.39 is 41.2 Å². The second kappa shape index (κ2) is 11.9. The molecule has 0 N–H and O–H groups in total. The summed E-state index contributed by atoms with van der Waals surface area (Å²) in [6.07, 6.45) is 2.07. The second-order valence-electron chi connectivity index (χ2n) is 7.91. The number of ether oxygens (including phenoxy) is 1. The summed E-state index contributed by atoms with van der Waals surface area (Å²) < 4.78 is 32.9. The minimum Gasteiger partial charge on any atom is -0.520 e. The SMILES string of the molecule is C=CC(=O)OCCC[Si]1(C)OCc2cc(CC[Si](OC(C)=O)(OC(C)=O)OC(C)=O)ccc2O1. The highest BCUT2D eigenvalue weighted by atomic mass is 28.4. The molecule has 0 aromatic heterocycles. The van der Waals surface area contributed by atoms with Gasteiger partial charge in [-0.2, -0.15) is 0 Å². The minimum atomic E-state index is -3.90. The Morgan fingerprint density at radius 3 is 2.26 bits per heavy atom. The first-order chi connectivity index (χ1) is 16.0. The van der Waals surface area contributed by atoms with E-state index in [-0.39, 0.29) is 12.7 Å². The molecule has 1 unspecified atom stereocenters. The normalized spacial score (nSPS) is 16.9. The molecule has 1 aromatic rings. The molecule has 12 heteroatoms. The Hall–Kier alpha value is -2.97. The Balaban J connectivity index is 2.05. The fourth-order valence-corrected chi connectivity index (χ4v) is 7.97. The third-order valence-electron chi connectivity index (χ3n) is 4.79. The summed E-state index contributed by atoms with van der Waals surface area (Å²) in [6, 6.07) is 6.27. The van der Waals surface area contributed by atoms with E-state index in [4.69, 9.17) is 26.9 Å². The van der Waals surface area contributed by atoms with Gasteiger partial charge in [-0.1, -0.05) is 12.6 Å². The van der Waals surface area contributed by atoms with Gasteiger partial charge in [0.15, 0.2) is 0 Å². The lowest BCUT2D eigenvalue weighted by atomic mass is 10.1. The number of rotatable bonds is 11. The van der Waals surface area contributed by atoms with Gasteiger partial charge in [-0.25, -0.2) is 4.79 Å². The van der Waals surface area contributed by atoms with Crippen LogP contribution in [0.4, 0.5) is 0 Å². The van der Waals surface area contributed by atoms with Crippen molar-refractivity contribution in [2.45, 2.75) is 58.9 Å². The van der Waals surface area contributed by atoms with Crippen LogP contribution in [0.5, 0.6) is 5.75 Å². The van der Waals surface area contributed by atoms with Crippen molar-refractivity contribution < 1.29 is 46.0 Å². The van der Waals surface area contributed by atoms with E-state index in [2.05, 4.69) is 6.58 Å². The van der Waals surface area contributed by atoms with Gasteiger partial charge in [-0.05, 0) is 37.1 Å². The molecule has 0 bridgehead atoms. The van der Waals surface area contributed by atoms with Crippen molar-refractivity contribution in [3.8, 4) is 5.75 Å². The Bertz CT molecular complexity index is 907. The van der Waals surface area contributed by atoms with Crippen LogP contribution < -0.4 is 4.43 Å². The maximum absolute atomic E-state index is 11.6. The molecule has 2 rings (SSSR count). The van der Waals surface area contributed by atoms with Crippen LogP contribution in [0.1, 0.15) is 38.3 Å². The Morgan fingerprint density at radius 1 is 1.09 bits per heavy atom. The van der Waals surface area contributed by atoms with Crippen molar-refractivity contribution in [3.63, 3.8) is 0 Å². The highest BCUT2D eigenvalue weighted by Gasteiger charge is 2.51. The summed E-state index contributed by atoms with van der Waals surface area (Å²) in [7, 11) is -6.38. The van der Waals surface area contributed by atoms with E-state index in [1.54, 1.807) is 0 Å². The molecule has 10 nitrogen and oxygen atoms in total. The van der Waals surface area contributed by atoms with Gasteiger partial charge >= 0.3 is 23.3 Å². The number of benzene rings is 1. The van der Waals surface area contributed by atoms with Crippen LogP contribution in [0.15, 0.2) is 30.9 Å². The molecule has 1 atom stereocenters. The third kappa shape index (κ3) is 8.43. The number of esters is 1. The van der Waals surface area contributed by atoms with Gasteiger partial charge in [0.2, 0.25) is 0 Å². The molecule has 0 amide bonds. The van der Waals surface area contributed by atoms with Gasteiger partial charge in [-0.15, -0.1) is 0 Å². The summed E-state index contributed by atoms with van der Waals surface area (Å²) in [5, 5.41) is 0. The topological polar surface area (TPSA) is 124 Å². The summed E-state index contributed by atoms with van der Waals surface area (Å²) in [5.74, 6) is -1.85. The molecule has 186 valence electrons. The molecule has 1 aliphatic heterocycles. The molecule has 0 spiro atoms. The zero-order chi connectivity index (χ0) is 25.4. The molecule has 0 fully saturated rings. The maximum atomic E-state index is 11.6. The minimum absolute atomic E-state index is 0.0438. The zero-order valence-electron chi connectivity index (χ0n) is 19.8. The smallest absolute Gasteiger partial charge is 0.520 e. The number of fused-ring (bicyclic) bond motifs is 1. The van der Waals surface area contributed by atoms with Crippen molar-refractivity contribution in [1.29, 1.82) is 0 Å². The van der Waals surface area contributed by atoms with Crippen molar-refractivity contribution in [2.24, 2.45) is 0 Å². The molecule has 0 radical (unpaired) electrons. The Morgan fingerprint density at radius 2 is 1.71 bits per heavy atom. The van der Waals surface area contributed by atoms with E-state index in [9.17, 15) is 19.2 Å². The van der Waals surface area contributed by atoms with Crippen LogP contribution in [-0.4, -0.2) is 47.8 Å². The van der Waals surface area contributed by atoms with E-state index in [1.165, 1.54) is 0 Å². The number of carbonyl (C=O) groups is 4. The van der Waals surface area contributed by atoms with Gasteiger partial charge < -0.3 is 26.9 Å². The van der Waals surface area contributed by atoms with Gasteiger partial charge in [0.05, 0.1) is 19.3 Å². The average molecular weight is 511 g/mol. The summed E-state index contributed by atoms with van der Waals surface area (Å²) in [5.41, 5.74) is 1.69. The zero-order valence-corrected chi connectivity index (χ0v) is 21.8. The largest absolute Gasteiger partial charge is 0.705 e. The van der Waals surface area contributed by atoms with Crippen LogP contribution in [0.3, 0.4) is 0 Å². The van der Waals surface area contributed by atoms with Crippen molar-refractivity contribution in [3.05, 3.63) is 42.0 Å². The van der Waals surface area contributed by atoms with Gasteiger partial charge in [-0.3, -0.25) is 14.4 Å². The fraction of sp³-hybridized carbons (Fsp3) is 0.455. The van der Waals surface area contributed by atoms with E-state index in [0.29, 0.717) is 25.5 Å². The first kappa shape index (κ1) is 27.3. The van der Waals surface area contributed by atoms with Crippen molar-refractivity contribution >= 4 is 41.2 Å². The van der Waals surface area contributed by atoms with E-state index in [0.717, 1.165) is 43.7 Å². The van der Waals surface area contributed by atoms with Gasteiger partial charge in [0, 0.05) is 38.5 Å². The van der Waals surface area contributed by atoms with Crippen LogP contribution in [0.2, 0.25) is 18.6 Å². The van der Waals surface area contributed by atoms with Gasteiger partial charge in [0.25, 0.3) is 17.9 Å². The lowest BCUT2D eigenvalue weighted by molar-refractivity contribution is -0.148. The quantitative estimate of drug-likeness (QED) is 0.190. The molecule has 1 heterocycles. The van der Waals surface area contributed by atoms with Crippen molar-refractivity contribution in [1.82, 2.24) is 0 Å². The molecule has 0 aliphatic carbocycles. The number of hydrogen-bond acceptors (Lipinski definition) is 10. The molecule has 0 saturated carbocycles. The average Bonchev–Trinajstić information content (AvgIpc) is 2.73. The monoisotopic (exact) mass is 510 g/mol. The van der Waals surface area contributed by atoms with E-state index in [1.807, 2.05) is 24.7 Å². The molecular formula is C22H30O10Si2. The van der Waals surface area contributed by atoms with Crippen LogP contribution in [0, 0.1) is 0 Å². The fourth-order valence-electron chi connectivity index (χ4n) is 3.41. The highest BCUT2D eigenvalue weighted by molar-refractivity contribution is 6.67. The molecular weight excluding hydrogens is 480 g/mol. The predicted octanol–water partition coefficient (Wildman–Crippen LogP) is 2.96. The predicted molar refractivity (Wildman–Crippen MR) is 124 cm³/mol. The van der Waals surface area contributed by atoms with Crippen LogP contribution >= 0.6 is 0 Å². The summed E-state index contributed by atoms with van der Waals surface area (Å²) >= 11 is 0. The third-order valence-corrected chi connectivity index (χ3v) is 10.1. The van der Waals surface area contributed by atoms with E-state index >= 15 is 0 Å². The lowest BCUT2D eigenvalue weighted by Crippen LogP contribution is -2.49. The van der Waals surface area contributed by atoms with Gasteiger partial charge in [0.1, 0.15) is 5.75 Å². The Labute approximate surface area is 200 Å². The second-order valence-corrected chi connectivity index (χ2v) is 13.6. The summed E-state index contributed by atoms with van der Waals surface area (Å²) in [4.78, 5) is 46.0. The Kier molecular flexibility index (Phi) is 9.59. The van der Waals surface area contributed by atoms with Crippen LogP contribution in [0.25, 0.3) is 0 Å². The highest BCUT2D eigenvalue weighted by Crippen LogP contribution is 2.33. The lowest BCUT2D eigenvalue weighted by Gasteiger charge is -2.33. The maximum Gasteiger partial charge on any atom is 0.705 e.